The lowest BCUT2D eigenvalue weighted by Crippen LogP contribution is -2.43. The van der Waals surface area contributed by atoms with Crippen molar-refractivity contribution in [3.05, 3.63) is 82.9 Å². The van der Waals surface area contributed by atoms with Crippen molar-refractivity contribution in [3.63, 3.8) is 0 Å². The van der Waals surface area contributed by atoms with Crippen LogP contribution < -0.4 is 15.4 Å². The van der Waals surface area contributed by atoms with Crippen LogP contribution in [0.5, 0.6) is 0 Å². The van der Waals surface area contributed by atoms with Crippen molar-refractivity contribution in [3.8, 4) is 0 Å². The van der Waals surface area contributed by atoms with Gasteiger partial charge >= 0.3 is 12.2 Å². The minimum Gasteiger partial charge on any atom is -0.447 e. The molecule has 0 aromatic heterocycles. The standard InChI is InChI=1S/C29H35F2N5O4S/c1-28(2,3)40-27(38)36-24(25(34-41-36)33-18-35-11-12-39-26(35)37)29(16-21(30)15-22(31)17-29)20-9-10-32-23(14-20)13-19-7-5-4-6-8-19/h4-8,14-16,23,32-34H,9-13,17-18H2,1-3H3. The maximum Gasteiger partial charge on any atom is 0.426 e. The van der Waals surface area contributed by atoms with Gasteiger partial charge in [-0.2, -0.15) is 4.31 Å². The molecule has 3 N–H and O–H groups in total. The van der Waals surface area contributed by atoms with Crippen LogP contribution in [-0.4, -0.2) is 59.4 Å². The fourth-order valence-electron chi connectivity index (χ4n) is 5.44. The number of nitrogens with one attached hydrogen (secondary N) is 3. The molecule has 0 spiro atoms. The van der Waals surface area contributed by atoms with Crippen LogP contribution >= 0.6 is 12.1 Å². The molecule has 2 amide bonds. The number of benzene rings is 1. The zero-order chi connectivity index (χ0) is 29.2. The Hall–Kier alpha value is -3.51. The van der Waals surface area contributed by atoms with Crippen molar-refractivity contribution in [1.29, 1.82) is 0 Å². The number of ether oxygens (including phenoxy) is 2. The molecule has 12 heteroatoms. The van der Waals surface area contributed by atoms with E-state index in [0.717, 1.165) is 29.3 Å². The fourth-order valence-corrected chi connectivity index (χ4v) is 6.25. The number of rotatable bonds is 7. The Labute approximate surface area is 242 Å². The quantitative estimate of drug-likeness (QED) is 0.297. The van der Waals surface area contributed by atoms with E-state index in [1.807, 2.05) is 36.4 Å². The average molecular weight is 588 g/mol. The fraction of sp³-hybridized carbons (Fsp3) is 0.448. The summed E-state index contributed by atoms with van der Waals surface area (Å²) in [6, 6.07) is 9.90. The third-order valence-electron chi connectivity index (χ3n) is 7.15. The van der Waals surface area contributed by atoms with Gasteiger partial charge in [0.25, 0.3) is 0 Å². The molecule has 2 unspecified atom stereocenters. The first-order valence-corrected chi connectivity index (χ1v) is 14.4. The first kappa shape index (κ1) is 29.0. The van der Waals surface area contributed by atoms with Gasteiger partial charge in [0, 0.05) is 18.5 Å². The van der Waals surface area contributed by atoms with Crippen LogP contribution in [0.2, 0.25) is 0 Å². The van der Waals surface area contributed by atoms with Crippen LogP contribution in [0.25, 0.3) is 0 Å². The molecule has 3 heterocycles. The van der Waals surface area contributed by atoms with E-state index in [1.54, 1.807) is 20.8 Å². The number of cyclic esters (lactones) is 1. The molecule has 41 heavy (non-hydrogen) atoms. The van der Waals surface area contributed by atoms with Gasteiger partial charge in [0.15, 0.2) is 0 Å². The Bertz CT molecular complexity index is 1310. The highest BCUT2D eigenvalue weighted by Gasteiger charge is 2.50. The number of halogens is 2. The summed E-state index contributed by atoms with van der Waals surface area (Å²) in [6.45, 7) is 6.59. The van der Waals surface area contributed by atoms with E-state index >= 15 is 8.78 Å². The predicted molar refractivity (Wildman–Crippen MR) is 152 cm³/mol. The Morgan fingerprint density at radius 3 is 2.73 bits per heavy atom. The largest absolute Gasteiger partial charge is 0.447 e. The van der Waals surface area contributed by atoms with E-state index in [4.69, 9.17) is 9.47 Å². The minimum atomic E-state index is -1.35. The van der Waals surface area contributed by atoms with Crippen molar-refractivity contribution in [1.82, 2.24) is 24.6 Å². The summed E-state index contributed by atoms with van der Waals surface area (Å²) >= 11 is 0.954. The molecule has 0 radical (unpaired) electrons. The van der Waals surface area contributed by atoms with E-state index < -0.39 is 34.9 Å². The van der Waals surface area contributed by atoms with Gasteiger partial charge < -0.3 is 20.1 Å². The molecule has 4 aliphatic rings. The minimum absolute atomic E-state index is 0.0746. The van der Waals surface area contributed by atoms with Crippen LogP contribution in [0.4, 0.5) is 18.4 Å². The van der Waals surface area contributed by atoms with Crippen molar-refractivity contribution in [2.75, 3.05) is 26.4 Å². The normalized spacial score (nSPS) is 24.9. The summed E-state index contributed by atoms with van der Waals surface area (Å²) in [7, 11) is 0. The lowest BCUT2D eigenvalue weighted by Gasteiger charge is -2.41. The maximum absolute atomic E-state index is 15.3. The van der Waals surface area contributed by atoms with Gasteiger partial charge in [-0.15, -0.1) is 0 Å². The van der Waals surface area contributed by atoms with Gasteiger partial charge in [0.1, 0.15) is 29.7 Å². The molecular formula is C29H35F2N5O4S. The molecule has 1 fully saturated rings. The molecule has 1 aromatic rings. The lowest BCUT2D eigenvalue weighted by molar-refractivity contribution is 0.0423. The molecular weight excluding hydrogens is 552 g/mol. The van der Waals surface area contributed by atoms with Crippen LogP contribution in [0.3, 0.4) is 0 Å². The summed E-state index contributed by atoms with van der Waals surface area (Å²) in [5, 5.41) is 6.68. The molecule has 1 saturated heterocycles. The molecule has 2 atom stereocenters. The molecule has 0 saturated carbocycles. The van der Waals surface area contributed by atoms with E-state index in [9.17, 15) is 9.59 Å². The van der Waals surface area contributed by atoms with Crippen molar-refractivity contribution < 1.29 is 27.8 Å². The Morgan fingerprint density at radius 2 is 2.05 bits per heavy atom. The topological polar surface area (TPSA) is 95.2 Å². The number of hydrogen-bond acceptors (Lipinski definition) is 8. The summed E-state index contributed by atoms with van der Waals surface area (Å²) in [6.07, 6.45) is 4.16. The zero-order valence-electron chi connectivity index (χ0n) is 23.3. The molecule has 9 nitrogen and oxygen atoms in total. The van der Waals surface area contributed by atoms with Gasteiger partial charge in [0.05, 0.1) is 36.5 Å². The van der Waals surface area contributed by atoms with Crippen molar-refractivity contribution >= 4 is 24.3 Å². The highest BCUT2D eigenvalue weighted by atomic mass is 32.2. The first-order chi connectivity index (χ1) is 19.5. The van der Waals surface area contributed by atoms with Gasteiger partial charge in [0.2, 0.25) is 0 Å². The monoisotopic (exact) mass is 587 g/mol. The molecule has 220 valence electrons. The van der Waals surface area contributed by atoms with E-state index in [2.05, 4.69) is 15.4 Å². The van der Waals surface area contributed by atoms with E-state index in [1.165, 1.54) is 15.3 Å². The first-order valence-electron chi connectivity index (χ1n) is 13.6. The van der Waals surface area contributed by atoms with Gasteiger partial charge in [-0.25, -0.2) is 18.4 Å². The number of amides is 2. The number of carbonyl (C=O) groups is 2. The molecule has 3 aliphatic heterocycles. The molecule has 5 rings (SSSR count). The SMILES string of the molecule is CC(C)(C)OC(=O)N1SNC(NCN2CCOC2=O)=C1C1(C2=CC(Cc3ccccc3)NCC2)C=C(F)C=C(F)C1. The Kier molecular flexibility index (Phi) is 8.32. The Morgan fingerprint density at radius 1 is 1.27 bits per heavy atom. The average Bonchev–Trinajstić information content (AvgIpc) is 3.53. The molecule has 0 bridgehead atoms. The smallest absolute Gasteiger partial charge is 0.426 e. The summed E-state index contributed by atoms with van der Waals surface area (Å²) in [4.78, 5) is 27.1. The molecule has 1 aromatic carbocycles. The second kappa shape index (κ2) is 11.8. The number of nitrogens with zero attached hydrogens (tertiary/aromatic N) is 2. The van der Waals surface area contributed by atoms with Crippen LogP contribution in [0.15, 0.2) is 77.3 Å². The van der Waals surface area contributed by atoms with Gasteiger partial charge in [-0.3, -0.25) is 9.62 Å². The maximum atomic E-state index is 15.3. The van der Waals surface area contributed by atoms with E-state index in [0.29, 0.717) is 37.4 Å². The third kappa shape index (κ3) is 6.54. The van der Waals surface area contributed by atoms with Crippen molar-refractivity contribution in [2.24, 2.45) is 5.41 Å². The summed E-state index contributed by atoms with van der Waals surface area (Å²) in [5.41, 5.74) is 0.0680. The lowest BCUT2D eigenvalue weighted by atomic mass is 9.69. The van der Waals surface area contributed by atoms with Gasteiger partial charge in [-0.1, -0.05) is 42.0 Å². The van der Waals surface area contributed by atoms with Gasteiger partial charge in [-0.05, 0) is 51.8 Å². The zero-order valence-corrected chi connectivity index (χ0v) is 24.2. The van der Waals surface area contributed by atoms with Crippen molar-refractivity contribution in [2.45, 2.75) is 51.7 Å². The molecule has 1 aliphatic carbocycles. The van der Waals surface area contributed by atoms with E-state index in [-0.39, 0.29) is 25.7 Å². The summed E-state index contributed by atoms with van der Waals surface area (Å²) in [5.74, 6) is -1.01. The summed E-state index contributed by atoms with van der Waals surface area (Å²) < 4.78 is 45.6. The third-order valence-corrected chi connectivity index (χ3v) is 7.96. The van der Waals surface area contributed by atoms with Crippen LogP contribution in [0.1, 0.15) is 39.2 Å². The number of allylic oxidation sites excluding steroid dienone is 4. The van der Waals surface area contributed by atoms with Crippen LogP contribution in [-0.2, 0) is 15.9 Å². The number of hydrogen-bond donors (Lipinski definition) is 3. The second-order valence-corrected chi connectivity index (χ2v) is 12.1. The number of carbonyl (C=O) groups excluding carboxylic acids is 2. The highest BCUT2D eigenvalue weighted by molar-refractivity contribution is 7.96. The Balaban J connectivity index is 1.58. The predicted octanol–water partition coefficient (Wildman–Crippen LogP) is 5.19. The highest BCUT2D eigenvalue weighted by Crippen LogP contribution is 2.53. The van der Waals surface area contributed by atoms with Crippen LogP contribution in [0, 0.1) is 5.41 Å². The second-order valence-electron chi connectivity index (χ2n) is 11.4.